The Morgan fingerprint density at radius 2 is 2.29 bits per heavy atom. The Labute approximate surface area is 88.0 Å². The van der Waals surface area contributed by atoms with Gasteiger partial charge in [-0.05, 0) is 25.9 Å². The summed E-state index contributed by atoms with van der Waals surface area (Å²) in [5.74, 6) is 0. The Balaban J connectivity index is 1.82. The van der Waals surface area contributed by atoms with Gasteiger partial charge in [0.05, 0.1) is 5.01 Å². The summed E-state index contributed by atoms with van der Waals surface area (Å²) in [6.45, 7) is 3.56. The number of thiazole rings is 1. The van der Waals surface area contributed by atoms with E-state index in [0.717, 1.165) is 18.0 Å². The molecule has 1 saturated heterocycles. The molecule has 1 aromatic rings. The summed E-state index contributed by atoms with van der Waals surface area (Å²) in [4.78, 5) is 6.69. The molecule has 14 heavy (non-hydrogen) atoms. The lowest BCUT2D eigenvalue weighted by molar-refractivity contribution is 0.343. The summed E-state index contributed by atoms with van der Waals surface area (Å²) < 4.78 is 0. The number of nitrogens with zero attached hydrogens (tertiary/aromatic N) is 3. The summed E-state index contributed by atoms with van der Waals surface area (Å²) in [6, 6.07) is 2.06. The molecule has 0 unspecified atom stereocenters. The van der Waals surface area contributed by atoms with Crippen LogP contribution in [0.3, 0.4) is 0 Å². The zero-order chi connectivity index (χ0) is 9.80. The highest BCUT2D eigenvalue weighted by molar-refractivity contribution is 7.09. The van der Waals surface area contributed by atoms with Crippen molar-refractivity contribution in [1.29, 1.82) is 5.26 Å². The van der Waals surface area contributed by atoms with Crippen LogP contribution in [0.25, 0.3) is 0 Å². The predicted octanol–water partition coefficient (Wildman–Crippen LogP) is 1.65. The molecule has 0 spiro atoms. The molecule has 0 amide bonds. The summed E-state index contributed by atoms with van der Waals surface area (Å²) in [5, 5.41) is 11.5. The SMILES string of the molecule is N#Cc1csc(CCN2CCCC2)n1. The molecule has 0 aliphatic carbocycles. The standard InChI is InChI=1S/C10H13N3S/c11-7-9-8-14-10(12-9)3-6-13-4-1-2-5-13/h8H,1-6H2. The predicted molar refractivity (Wildman–Crippen MR) is 56.2 cm³/mol. The topological polar surface area (TPSA) is 39.9 Å². The zero-order valence-electron chi connectivity index (χ0n) is 8.07. The minimum absolute atomic E-state index is 0.562. The Hall–Kier alpha value is -0.920. The van der Waals surface area contributed by atoms with Gasteiger partial charge in [0, 0.05) is 18.3 Å². The molecule has 1 aromatic heterocycles. The Kier molecular flexibility index (Phi) is 3.12. The Bertz CT molecular complexity index is 333. The molecule has 1 aliphatic heterocycles. The van der Waals surface area contributed by atoms with Crippen LogP contribution in [0, 0.1) is 11.3 Å². The van der Waals surface area contributed by atoms with Crippen molar-refractivity contribution in [3.8, 4) is 6.07 Å². The van der Waals surface area contributed by atoms with E-state index in [0.29, 0.717) is 5.69 Å². The molecule has 0 bridgehead atoms. The van der Waals surface area contributed by atoms with Crippen molar-refractivity contribution in [3.63, 3.8) is 0 Å². The van der Waals surface area contributed by atoms with Crippen LogP contribution in [-0.4, -0.2) is 29.5 Å². The molecule has 0 atom stereocenters. The van der Waals surface area contributed by atoms with Crippen LogP contribution in [0.1, 0.15) is 23.5 Å². The minimum Gasteiger partial charge on any atom is -0.303 e. The van der Waals surface area contributed by atoms with Gasteiger partial charge in [0.1, 0.15) is 6.07 Å². The highest BCUT2D eigenvalue weighted by Gasteiger charge is 2.11. The number of rotatable bonds is 3. The number of hydrogen-bond donors (Lipinski definition) is 0. The molecule has 1 aliphatic rings. The lowest BCUT2D eigenvalue weighted by atomic mass is 10.4. The largest absolute Gasteiger partial charge is 0.303 e. The third-order valence-electron chi connectivity index (χ3n) is 2.51. The molecule has 2 heterocycles. The molecule has 3 nitrogen and oxygen atoms in total. The maximum absolute atomic E-state index is 8.61. The van der Waals surface area contributed by atoms with Crippen molar-refractivity contribution in [2.75, 3.05) is 19.6 Å². The first-order chi connectivity index (χ1) is 6.88. The minimum atomic E-state index is 0.562. The normalized spacial score (nSPS) is 17.1. The second kappa shape index (κ2) is 4.54. The van der Waals surface area contributed by atoms with Crippen LogP contribution >= 0.6 is 11.3 Å². The van der Waals surface area contributed by atoms with Gasteiger partial charge >= 0.3 is 0 Å². The molecule has 0 N–H and O–H groups in total. The molecule has 1 fully saturated rings. The Morgan fingerprint density at radius 1 is 1.50 bits per heavy atom. The smallest absolute Gasteiger partial charge is 0.151 e. The summed E-state index contributed by atoms with van der Waals surface area (Å²) in [5.41, 5.74) is 0.562. The molecule has 0 aromatic carbocycles. The van der Waals surface area contributed by atoms with Crippen molar-refractivity contribution in [3.05, 3.63) is 16.1 Å². The summed E-state index contributed by atoms with van der Waals surface area (Å²) in [6.07, 6.45) is 3.66. The first-order valence-corrected chi connectivity index (χ1v) is 5.83. The van der Waals surface area contributed by atoms with Gasteiger partial charge in [-0.25, -0.2) is 4.98 Å². The van der Waals surface area contributed by atoms with Crippen LogP contribution in [-0.2, 0) is 6.42 Å². The van der Waals surface area contributed by atoms with Gasteiger partial charge in [-0.3, -0.25) is 0 Å². The fraction of sp³-hybridized carbons (Fsp3) is 0.600. The number of likely N-dealkylation sites (tertiary alicyclic amines) is 1. The lowest BCUT2D eigenvalue weighted by Gasteiger charge is -2.12. The fourth-order valence-electron chi connectivity index (χ4n) is 1.74. The first kappa shape index (κ1) is 9.63. The average molecular weight is 207 g/mol. The van der Waals surface area contributed by atoms with Crippen molar-refractivity contribution < 1.29 is 0 Å². The summed E-state index contributed by atoms with van der Waals surface area (Å²) in [7, 11) is 0. The second-order valence-electron chi connectivity index (χ2n) is 3.54. The van der Waals surface area contributed by atoms with E-state index in [4.69, 9.17) is 5.26 Å². The first-order valence-electron chi connectivity index (χ1n) is 4.95. The maximum Gasteiger partial charge on any atom is 0.151 e. The van der Waals surface area contributed by atoms with Crippen molar-refractivity contribution in [2.24, 2.45) is 0 Å². The molecule has 0 radical (unpaired) electrons. The van der Waals surface area contributed by atoms with Crippen LogP contribution in [0.2, 0.25) is 0 Å². The quantitative estimate of drug-likeness (QED) is 0.756. The Morgan fingerprint density at radius 3 is 2.93 bits per heavy atom. The second-order valence-corrected chi connectivity index (χ2v) is 4.48. The molecule has 0 saturated carbocycles. The summed E-state index contributed by atoms with van der Waals surface area (Å²) >= 11 is 1.60. The van der Waals surface area contributed by atoms with Crippen LogP contribution in [0.15, 0.2) is 5.38 Å². The van der Waals surface area contributed by atoms with Gasteiger partial charge < -0.3 is 4.90 Å². The van der Waals surface area contributed by atoms with Crippen molar-refractivity contribution >= 4 is 11.3 Å². The van der Waals surface area contributed by atoms with Gasteiger partial charge in [0.2, 0.25) is 0 Å². The van der Waals surface area contributed by atoms with Gasteiger partial charge in [-0.15, -0.1) is 11.3 Å². The molecule has 4 heteroatoms. The lowest BCUT2D eigenvalue weighted by Crippen LogP contribution is -2.21. The van der Waals surface area contributed by atoms with E-state index in [1.165, 1.54) is 25.9 Å². The van der Waals surface area contributed by atoms with Gasteiger partial charge in [0.25, 0.3) is 0 Å². The van der Waals surface area contributed by atoms with Gasteiger partial charge in [-0.1, -0.05) is 0 Å². The van der Waals surface area contributed by atoms with E-state index in [9.17, 15) is 0 Å². The van der Waals surface area contributed by atoms with E-state index in [1.54, 1.807) is 11.3 Å². The van der Waals surface area contributed by atoms with E-state index < -0.39 is 0 Å². The molecular formula is C10H13N3S. The number of hydrogen-bond acceptors (Lipinski definition) is 4. The van der Waals surface area contributed by atoms with Crippen molar-refractivity contribution in [1.82, 2.24) is 9.88 Å². The van der Waals surface area contributed by atoms with Gasteiger partial charge in [-0.2, -0.15) is 5.26 Å². The molecule has 2 rings (SSSR count). The van der Waals surface area contributed by atoms with Crippen molar-refractivity contribution in [2.45, 2.75) is 19.3 Å². The fourth-order valence-corrected chi connectivity index (χ4v) is 2.45. The highest BCUT2D eigenvalue weighted by atomic mass is 32.1. The third-order valence-corrected chi connectivity index (χ3v) is 3.42. The van der Waals surface area contributed by atoms with E-state index in [1.807, 2.05) is 5.38 Å². The zero-order valence-corrected chi connectivity index (χ0v) is 8.89. The van der Waals surface area contributed by atoms with E-state index in [2.05, 4.69) is 16.0 Å². The number of aromatic nitrogens is 1. The monoisotopic (exact) mass is 207 g/mol. The number of nitriles is 1. The maximum atomic E-state index is 8.61. The van der Waals surface area contributed by atoms with E-state index in [-0.39, 0.29) is 0 Å². The molecular weight excluding hydrogens is 194 g/mol. The van der Waals surface area contributed by atoms with E-state index >= 15 is 0 Å². The van der Waals surface area contributed by atoms with Crippen LogP contribution < -0.4 is 0 Å². The van der Waals surface area contributed by atoms with Gasteiger partial charge in [0.15, 0.2) is 5.69 Å². The van der Waals surface area contributed by atoms with Crippen LogP contribution in [0.5, 0.6) is 0 Å². The highest BCUT2D eigenvalue weighted by Crippen LogP contribution is 2.12. The molecule has 74 valence electrons. The average Bonchev–Trinajstić information content (AvgIpc) is 2.86. The van der Waals surface area contributed by atoms with Crippen LogP contribution in [0.4, 0.5) is 0 Å². The third kappa shape index (κ3) is 2.31.